The second-order valence-corrected chi connectivity index (χ2v) is 6.71. The van der Waals surface area contributed by atoms with E-state index in [-0.39, 0.29) is 18.0 Å². The van der Waals surface area contributed by atoms with Crippen molar-refractivity contribution in [3.05, 3.63) is 59.7 Å². The van der Waals surface area contributed by atoms with E-state index in [9.17, 15) is 9.59 Å². The van der Waals surface area contributed by atoms with Gasteiger partial charge in [0.2, 0.25) is 5.96 Å². The normalized spacial score (nSPS) is 16.1. The zero-order valence-electron chi connectivity index (χ0n) is 17.0. The van der Waals surface area contributed by atoms with Crippen LogP contribution in [0.1, 0.15) is 33.6 Å². The molecule has 0 spiro atoms. The quantitative estimate of drug-likeness (QED) is 0.431. The van der Waals surface area contributed by atoms with Crippen molar-refractivity contribution >= 4 is 23.5 Å². The third-order valence-corrected chi connectivity index (χ3v) is 4.59. The van der Waals surface area contributed by atoms with Gasteiger partial charge in [0.15, 0.2) is 0 Å². The third-order valence-electron chi connectivity index (χ3n) is 4.59. The monoisotopic (exact) mass is 411 g/mol. The van der Waals surface area contributed by atoms with Crippen molar-refractivity contribution in [3.8, 4) is 5.75 Å². The van der Waals surface area contributed by atoms with Gasteiger partial charge in [-0.1, -0.05) is 12.1 Å². The summed E-state index contributed by atoms with van der Waals surface area (Å²) in [6.45, 7) is 1.14. The van der Waals surface area contributed by atoms with Crippen molar-refractivity contribution in [2.24, 2.45) is 4.99 Å². The van der Waals surface area contributed by atoms with Gasteiger partial charge in [-0.15, -0.1) is 0 Å². The van der Waals surface area contributed by atoms with Crippen LogP contribution in [0, 0.1) is 0 Å². The average Bonchev–Trinajstić information content (AvgIpc) is 3.30. The Kier molecular flexibility index (Phi) is 7.40. The lowest BCUT2D eigenvalue weighted by molar-refractivity contribution is 0.0600. The molecule has 1 aliphatic heterocycles. The van der Waals surface area contributed by atoms with Crippen LogP contribution in [-0.2, 0) is 9.47 Å². The molecule has 1 saturated heterocycles. The number of aliphatic imine (C=N–C) groups is 1. The van der Waals surface area contributed by atoms with E-state index in [2.05, 4.69) is 15.6 Å². The molecule has 0 aromatic heterocycles. The molecule has 1 fully saturated rings. The van der Waals surface area contributed by atoms with Crippen molar-refractivity contribution in [1.82, 2.24) is 5.32 Å². The van der Waals surface area contributed by atoms with Crippen LogP contribution in [0.3, 0.4) is 0 Å². The number of amides is 1. The summed E-state index contributed by atoms with van der Waals surface area (Å²) in [5.41, 5.74) is 1.42. The van der Waals surface area contributed by atoms with Gasteiger partial charge in [-0.3, -0.25) is 10.1 Å². The van der Waals surface area contributed by atoms with Crippen molar-refractivity contribution in [3.63, 3.8) is 0 Å². The van der Waals surface area contributed by atoms with Gasteiger partial charge in [0, 0.05) is 17.9 Å². The lowest BCUT2D eigenvalue weighted by atomic mass is 10.2. The lowest BCUT2D eigenvalue weighted by Gasteiger charge is -2.14. The molecule has 1 amide bonds. The van der Waals surface area contributed by atoms with Gasteiger partial charge < -0.3 is 19.5 Å². The van der Waals surface area contributed by atoms with Crippen LogP contribution in [0.5, 0.6) is 5.75 Å². The van der Waals surface area contributed by atoms with Crippen molar-refractivity contribution in [2.45, 2.75) is 18.9 Å². The molecule has 1 heterocycles. The Labute approximate surface area is 175 Å². The number of hydrogen-bond acceptors (Lipinski definition) is 6. The number of benzene rings is 2. The number of rotatable bonds is 6. The van der Waals surface area contributed by atoms with Gasteiger partial charge in [0.25, 0.3) is 5.91 Å². The summed E-state index contributed by atoms with van der Waals surface area (Å²) < 4.78 is 15.6. The highest BCUT2D eigenvalue weighted by molar-refractivity contribution is 6.10. The molecule has 0 radical (unpaired) electrons. The topological polar surface area (TPSA) is 98.3 Å². The second-order valence-electron chi connectivity index (χ2n) is 6.71. The molecule has 0 saturated carbocycles. The molecule has 0 aliphatic carbocycles. The van der Waals surface area contributed by atoms with Gasteiger partial charge in [-0.25, -0.2) is 9.79 Å². The summed E-state index contributed by atoms with van der Waals surface area (Å²) in [6, 6.07) is 13.6. The van der Waals surface area contributed by atoms with Crippen LogP contribution >= 0.6 is 0 Å². The minimum Gasteiger partial charge on any atom is -0.497 e. The van der Waals surface area contributed by atoms with Crippen molar-refractivity contribution < 1.29 is 23.8 Å². The Bertz CT molecular complexity index is 922. The highest BCUT2D eigenvalue weighted by Crippen LogP contribution is 2.15. The second kappa shape index (κ2) is 10.4. The van der Waals surface area contributed by atoms with E-state index in [1.54, 1.807) is 55.6 Å². The SMILES string of the molecule is COC(=O)c1cccc(NC(=NCC2CCCO2)NC(=O)c2cccc(OC)c2)c1. The molecular formula is C22H25N3O5. The van der Waals surface area contributed by atoms with Gasteiger partial charge in [-0.2, -0.15) is 0 Å². The summed E-state index contributed by atoms with van der Waals surface area (Å²) in [5, 5.41) is 5.87. The molecule has 1 aliphatic rings. The first-order valence-electron chi connectivity index (χ1n) is 9.66. The summed E-state index contributed by atoms with van der Waals surface area (Å²) in [4.78, 5) is 29.0. The largest absolute Gasteiger partial charge is 0.497 e. The summed E-state index contributed by atoms with van der Waals surface area (Å²) in [5.74, 6) is 0.0630. The maximum absolute atomic E-state index is 12.7. The molecule has 2 aromatic carbocycles. The Morgan fingerprint density at radius 2 is 1.93 bits per heavy atom. The fourth-order valence-corrected chi connectivity index (χ4v) is 3.01. The van der Waals surface area contributed by atoms with E-state index < -0.39 is 5.97 Å². The van der Waals surface area contributed by atoms with Gasteiger partial charge >= 0.3 is 5.97 Å². The fraction of sp³-hybridized carbons (Fsp3) is 0.318. The number of carbonyl (C=O) groups is 2. The zero-order valence-corrected chi connectivity index (χ0v) is 17.0. The number of nitrogens with zero attached hydrogens (tertiary/aromatic N) is 1. The minimum atomic E-state index is -0.447. The number of esters is 1. The molecule has 30 heavy (non-hydrogen) atoms. The predicted molar refractivity (Wildman–Crippen MR) is 113 cm³/mol. The van der Waals surface area contributed by atoms with E-state index in [4.69, 9.17) is 14.2 Å². The Hall–Kier alpha value is -3.39. The number of carbonyl (C=O) groups excluding carboxylic acids is 2. The summed E-state index contributed by atoms with van der Waals surface area (Å²) in [7, 11) is 2.87. The van der Waals surface area contributed by atoms with Gasteiger partial charge in [0.05, 0.1) is 32.4 Å². The van der Waals surface area contributed by atoms with E-state index in [0.717, 1.165) is 19.4 Å². The Morgan fingerprint density at radius 1 is 1.13 bits per heavy atom. The molecule has 158 valence electrons. The zero-order chi connectivity index (χ0) is 21.3. The lowest BCUT2D eigenvalue weighted by Crippen LogP contribution is -2.36. The van der Waals surface area contributed by atoms with Crippen LogP contribution in [0.15, 0.2) is 53.5 Å². The first-order valence-corrected chi connectivity index (χ1v) is 9.66. The van der Waals surface area contributed by atoms with E-state index in [0.29, 0.717) is 29.1 Å². The molecule has 8 heteroatoms. The van der Waals surface area contributed by atoms with E-state index >= 15 is 0 Å². The van der Waals surface area contributed by atoms with E-state index in [1.807, 2.05) is 0 Å². The number of ether oxygens (including phenoxy) is 3. The van der Waals surface area contributed by atoms with Crippen LogP contribution in [0.25, 0.3) is 0 Å². The Balaban J connectivity index is 1.78. The smallest absolute Gasteiger partial charge is 0.337 e. The number of nitrogens with one attached hydrogen (secondary N) is 2. The van der Waals surface area contributed by atoms with E-state index in [1.165, 1.54) is 7.11 Å². The molecule has 8 nitrogen and oxygen atoms in total. The highest BCUT2D eigenvalue weighted by atomic mass is 16.5. The number of guanidine groups is 1. The predicted octanol–water partition coefficient (Wildman–Crippen LogP) is 2.86. The Morgan fingerprint density at radius 3 is 2.67 bits per heavy atom. The molecular weight excluding hydrogens is 386 g/mol. The number of methoxy groups -OCH3 is 2. The molecule has 1 atom stereocenters. The van der Waals surface area contributed by atoms with Crippen molar-refractivity contribution in [2.75, 3.05) is 32.7 Å². The number of hydrogen-bond donors (Lipinski definition) is 2. The number of anilines is 1. The van der Waals surface area contributed by atoms with Crippen LogP contribution in [-0.4, -0.2) is 51.3 Å². The standard InChI is InChI=1S/C22H25N3O5/c1-28-18-9-4-6-15(13-18)20(26)25-22(23-14-19-10-5-11-30-19)24-17-8-3-7-16(12-17)21(27)29-2/h3-4,6-9,12-13,19H,5,10-11,14H2,1-2H3,(H2,23,24,25,26). The summed E-state index contributed by atoms with van der Waals surface area (Å²) in [6.07, 6.45) is 1.95. The molecule has 2 aromatic rings. The summed E-state index contributed by atoms with van der Waals surface area (Å²) >= 11 is 0. The van der Waals surface area contributed by atoms with Crippen molar-refractivity contribution in [1.29, 1.82) is 0 Å². The molecule has 3 rings (SSSR count). The minimum absolute atomic E-state index is 0.0249. The highest BCUT2D eigenvalue weighted by Gasteiger charge is 2.16. The molecule has 1 unspecified atom stereocenters. The van der Waals surface area contributed by atoms with Crippen LogP contribution in [0.2, 0.25) is 0 Å². The fourth-order valence-electron chi connectivity index (χ4n) is 3.01. The maximum atomic E-state index is 12.7. The van der Waals surface area contributed by atoms with Crippen LogP contribution < -0.4 is 15.4 Å². The first kappa shape index (κ1) is 21.3. The maximum Gasteiger partial charge on any atom is 0.337 e. The van der Waals surface area contributed by atoms with Gasteiger partial charge in [0.1, 0.15) is 5.75 Å². The average molecular weight is 411 g/mol. The van der Waals surface area contributed by atoms with Crippen LogP contribution in [0.4, 0.5) is 5.69 Å². The third kappa shape index (κ3) is 5.81. The molecule has 2 N–H and O–H groups in total. The van der Waals surface area contributed by atoms with Gasteiger partial charge in [-0.05, 0) is 49.2 Å². The first-order chi connectivity index (χ1) is 14.6. The molecule has 0 bridgehead atoms.